The van der Waals surface area contributed by atoms with Crippen LogP contribution in [0.5, 0.6) is 17.2 Å². The molecule has 1 heterocycles. The summed E-state index contributed by atoms with van der Waals surface area (Å²) in [6.45, 7) is 1.84. The molecule has 0 aliphatic rings. The number of hydrogen-bond donors (Lipinski definition) is 2. The molecule has 0 saturated heterocycles. The predicted molar refractivity (Wildman–Crippen MR) is 122 cm³/mol. The first kappa shape index (κ1) is 23.0. The molecule has 34 heavy (non-hydrogen) atoms. The Labute approximate surface area is 193 Å². The van der Waals surface area contributed by atoms with Crippen LogP contribution in [0.4, 0.5) is 5.69 Å². The first-order chi connectivity index (χ1) is 16.4. The topological polar surface area (TPSA) is 123 Å². The minimum absolute atomic E-state index is 0.0468. The first-order valence-electron chi connectivity index (χ1n) is 10.2. The fourth-order valence-electron chi connectivity index (χ4n) is 3.28. The number of carbonyl (C=O) groups excluding carboxylic acids is 1. The average molecular weight is 463 g/mol. The fourth-order valence-corrected chi connectivity index (χ4v) is 3.28. The Morgan fingerprint density at radius 1 is 1.03 bits per heavy atom. The Morgan fingerprint density at radius 2 is 1.71 bits per heavy atom. The van der Waals surface area contributed by atoms with Gasteiger partial charge < -0.3 is 23.8 Å². The van der Waals surface area contributed by atoms with E-state index >= 15 is 0 Å². The van der Waals surface area contributed by atoms with Crippen LogP contribution in [0, 0.1) is 12.1 Å². The van der Waals surface area contributed by atoms with E-state index < -0.39 is 11.2 Å². The normalized spacial score (nSPS) is 11.8. The van der Waals surface area contributed by atoms with E-state index in [4.69, 9.17) is 19.1 Å². The van der Waals surface area contributed by atoms with Gasteiger partial charge in [-0.1, -0.05) is 0 Å². The van der Waals surface area contributed by atoms with Crippen molar-refractivity contribution in [3.63, 3.8) is 0 Å². The van der Waals surface area contributed by atoms with Gasteiger partial charge in [0.25, 0.3) is 0 Å². The zero-order valence-electron chi connectivity index (χ0n) is 18.4. The summed E-state index contributed by atoms with van der Waals surface area (Å²) in [6, 6.07) is 17.4. The van der Waals surface area contributed by atoms with Crippen molar-refractivity contribution < 1.29 is 33.9 Å². The van der Waals surface area contributed by atoms with Gasteiger partial charge in [0.2, 0.25) is 11.2 Å². The number of rotatable bonds is 7. The SMILES string of the molecule is COC(=O)c1ccc(Oc2c(C)oc3cc(OCc4ccc([NH+]([O-])O)cc4)ccc3c2=O)cc1. The van der Waals surface area contributed by atoms with E-state index in [0.717, 1.165) is 5.56 Å². The average Bonchev–Trinajstić information content (AvgIpc) is 2.85. The molecule has 4 aromatic rings. The number of ether oxygens (including phenoxy) is 3. The molecular weight excluding hydrogens is 442 g/mol. The van der Waals surface area contributed by atoms with Crippen molar-refractivity contribution in [2.24, 2.45) is 0 Å². The van der Waals surface area contributed by atoms with E-state index in [1.165, 1.54) is 31.4 Å². The maximum absolute atomic E-state index is 13.0. The van der Waals surface area contributed by atoms with Crippen molar-refractivity contribution >= 4 is 22.6 Å². The standard InChI is InChI=1S/C25H21NO8/c1-15-24(34-19-9-5-17(6-10-19)25(28)31-2)23(27)21-12-11-20(13-22(21)33-15)32-14-16-3-7-18(8-4-16)26(29)30/h3-13,26,29H,14H2,1-2H3. The van der Waals surface area contributed by atoms with Crippen molar-refractivity contribution in [3.05, 3.63) is 99.0 Å². The van der Waals surface area contributed by atoms with Crippen LogP contribution in [0.3, 0.4) is 0 Å². The Bertz CT molecular complexity index is 1380. The summed E-state index contributed by atoms with van der Waals surface area (Å²) in [5.41, 5.74) is 1.36. The summed E-state index contributed by atoms with van der Waals surface area (Å²) < 4.78 is 22.0. The zero-order chi connectivity index (χ0) is 24.2. The number of nitrogens with one attached hydrogen (secondary N) is 1. The van der Waals surface area contributed by atoms with Crippen molar-refractivity contribution in [1.82, 2.24) is 0 Å². The van der Waals surface area contributed by atoms with Gasteiger partial charge in [-0.3, -0.25) is 4.79 Å². The second-order valence-corrected chi connectivity index (χ2v) is 7.38. The molecule has 1 aromatic heterocycles. The van der Waals surface area contributed by atoms with Crippen LogP contribution >= 0.6 is 0 Å². The molecule has 0 saturated carbocycles. The van der Waals surface area contributed by atoms with Crippen molar-refractivity contribution in [3.8, 4) is 17.2 Å². The Morgan fingerprint density at radius 3 is 2.35 bits per heavy atom. The molecule has 1 atom stereocenters. The van der Waals surface area contributed by atoms with Gasteiger partial charge in [0.15, 0.2) is 5.69 Å². The lowest BCUT2D eigenvalue weighted by Crippen LogP contribution is -2.99. The number of aryl methyl sites for hydroxylation is 1. The summed E-state index contributed by atoms with van der Waals surface area (Å²) in [4.78, 5) is 24.6. The van der Waals surface area contributed by atoms with Crippen LogP contribution in [-0.2, 0) is 11.3 Å². The second-order valence-electron chi connectivity index (χ2n) is 7.38. The van der Waals surface area contributed by atoms with Gasteiger partial charge in [0.05, 0.1) is 18.1 Å². The summed E-state index contributed by atoms with van der Waals surface area (Å²) >= 11 is 0. The summed E-state index contributed by atoms with van der Waals surface area (Å²) in [5, 5.41) is 19.3. The van der Waals surface area contributed by atoms with Crippen LogP contribution in [-0.4, -0.2) is 18.3 Å². The van der Waals surface area contributed by atoms with Crippen LogP contribution in [0.2, 0.25) is 0 Å². The van der Waals surface area contributed by atoms with Crippen LogP contribution in [0.1, 0.15) is 21.7 Å². The number of hydrogen-bond acceptors (Lipinski definition) is 8. The Hall–Kier alpha value is -4.18. The molecule has 0 amide bonds. The van der Waals surface area contributed by atoms with Gasteiger partial charge in [0.1, 0.15) is 29.4 Å². The van der Waals surface area contributed by atoms with E-state index in [1.54, 1.807) is 49.4 Å². The molecule has 0 bridgehead atoms. The molecular formula is C25H21NO8. The lowest BCUT2D eigenvalue weighted by molar-refractivity contribution is -0.991. The maximum atomic E-state index is 13.0. The molecule has 0 spiro atoms. The predicted octanol–water partition coefficient (Wildman–Crippen LogP) is 3.66. The smallest absolute Gasteiger partial charge is 0.337 e. The molecule has 3 aromatic carbocycles. The molecule has 0 radical (unpaired) electrons. The molecule has 0 aliphatic heterocycles. The molecule has 9 nitrogen and oxygen atoms in total. The summed E-state index contributed by atoms with van der Waals surface area (Å²) in [5.74, 6) is 0.727. The molecule has 174 valence electrons. The van der Waals surface area contributed by atoms with Crippen molar-refractivity contribution in [1.29, 1.82) is 0 Å². The van der Waals surface area contributed by atoms with E-state index in [0.29, 0.717) is 28.0 Å². The molecule has 0 fully saturated rings. The van der Waals surface area contributed by atoms with Gasteiger partial charge in [-0.05, 0) is 61.0 Å². The number of esters is 1. The monoisotopic (exact) mass is 463 g/mol. The number of benzene rings is 3. The summed E-state index contributed by atoms with van der Waals surface area (Å²) in [7, 11) is 1.30. The third kappa shape index (κ3) is 4.91. The number of fused-ring (bicyclic) bond motifs is 1. The van der Waals surface area contributed by atoms with Gasteiger partial charge in [-0.25, -0.2) is 10.0 Å². The highest BCUT2D eigenvalue weighted by molar-refractivity contribution is 5.89. The van der Waals surface area contributed by atoms with Gasteiger partial charge in [-0.2, -0.15) is 5.23 Å². The Kier molecular flexibility index (Phi) is 6.60. The Balaban J connectivity index is 1.52. The lowest BCUT2D eigenvalue weighted by Gasteiger charge is -2.12. The molecule has 1 unspecified atom stereocenters. The molecule has 9 heteroatoms. The molecule has 0 aliphatic carbocycles. The summed E-state index contributed by atoms with van der Waals surface area (Å²) in [6.07, 6.45) is 0. The molecule has 4 rings (SSSR count). The van der Waals surface area contributed by atoms with E-state index in [1.807, 2.05) is 0 Å². The third-order valence-corrected chi connectivity index (χ3v) is 5.09. The van der Waals surface area contributed by atoms with Crippen LogP contribution in [0.25, 0.3) is 11.0 Å². The highest BCUT2D eigenvalue weighted by Crippen LogP contribution is 2.28. The van der Waals surface area contributed by atoms with E-state index in [2.05, 4.69) is 4.74 Å². The maximum Gasteiger partial charge on any atom is 0.337 e. The minimum atomic E-state index is -0.992. The molecule has 2 N–H and O–H groups in total. The zero-order valence-corrected chi connectivity index (χ0v) is 18.4. The van der Waals surface area contributed by atoms with E-state index in [-0.39, 0.29) is 29.2 Å². The largest absolute Gasteiger partial charge is 0.595 e. The van der Waals surface area contributed by atoms with Crippen molar-refractivity contribution in [2.75, 3.05) is 7.11 Å². The highest BCUT2D eigenvalue weighted by atomic mass is 16.8. The number of methoxy groups -OCH3 is 1. The first-order valence-corrected chi connectivity index (χ1v) is 10.2. The van der Waals surface area contributed by atoms with Gasteiger partial charge in [-0.15, -0.1) is 0 Å². The third-order valence-electron chi connectivity index (χ3n) is 5.09. The van der Waals surface area contributed by atoms with Crippen LogP contribution in [0.15, 0.2) is 75.9 Å². The number of quaternary nitrogens is 1. The van der Waals surface area contributed by atoms with Crippen LogP contribution < -0.4 is 20.1 Å². The van der Waals surface area contributed by atoms with Gasteiger partial charge >= 0.3 is 5.97 Å². The van der Waals surface area contributed by atoms with Gasteiger partial charge in [0, 0.05) is 18.2 Å². The fraction of sp³-hybridized carbons (Fsp3) is 0.120. The van der Waals surface area contributed by atoms with E-state index in [9.17, 15) is 14.8 Å². The van der Waals surface area contributed by atoms with Crippen molar-refractivity contribution in [2.45, 2.75) is 13.5 Å². The number of carbonyl (C=O) groups is 1. The lowest BCUT2D eigenvalue weighted by atomic mass is 10.2. The minimum Gasteiger partial charge on any atom is -0.595 e. The second kappa shape index (κ2) is 9.75. The quantitative estimate of drug-likeness (QED) is 0.314. The highest BCUT2D eigenvalue weighted by Gasteiger charge is 2.15.